The molecule has 2 N–H and O–H groups in total. The van der Waals surface area contributed by atoms with Crippen molar-refractivity contribution in [2.75, 3.05) is 20.8 Å². The number of nitrogens with zero attached hydrogens (tertiary/aromatic N) is 1. The summed E-state index contributed by atoms with van der Waals surface area (Å²) < 4.78 is 40.5. The number of cyclic esters (lactones) is 1. The normalized spacial score (nSPS) is 40.1. The Kier molecular flexibility index (Phi) is 20.1. The number of hydrogen-bond donors (Lipinski definition) is 2. The first kappa shape index (κ1) is 54.2. The van der Waals surface area contributed by atoms with E-state index in [-0.39, 0.29) is 54.8 Å². The van der Waals surface area contributed by atoms with Crippen LogP contribution in [0.1, 0.15) is 139 Å². The fraction of sp³-hybridized carbons (Fsp3) is 0.750. The van der Waals surface area contributed by atoms with E-state index >= 15 is 4.39 Å². The van der Waals surface area contributed by atoms with Gasteiger partial charge < -0.3 is 34.1 Å². The number of amides is 1. The number of aliphatic hydroxyl groups is 2. The molecule has 2 saturated heterocycles. The lowest BCUT2D eigenvalue weighted by Crippen LogP contribution is -2.59. The van der Waals surface area contributed by atoms with Gasteiger partial charge in [0.05, 0.1) is 18.3 Å². The Labute approximate surface area is 387 Å². The van der Waals surface area contributed by atoms with E-state index in [0.717, 1.165) is 10.5 Å². The second-order valence-electron chi connectivity index (χ2n) is 20.6. The number of esters is 1. The SMILES string of the molecule is CO[C@@H]1C[C@H](C[C@@H](C)[C@@H]2CC(=O)[C@H](C)/C=C(\C)[C@@H](O)[C@@H](OC)C(=O)[C@H](C)C[C@H](C)/C=C/C=C/C=C(\C)C(C)(C)C[C@@H]3CC[C@@H](C)[C@@](F)(O3)C(=O)C(=O)N3CCCC[C@H]3C(=O)O2)CC[C@H]1O. The minimum Gasteiger partial charge on any atom is -0.460 e. The summed E-state index contributed by atoms with van der Waals surface area (Å²) in [6, 6.07) is -1.18. The average molecular weight is 914 g/mol. The maximum atomic E-state index is 17.1. The van der Waals surface area contributed by atoms with Gasteiger partial charge in [0.15, 0.2) is 5.78 Å². The van der Waals surface area contributed by atoms with Crippen molar-refractivity contribution in [3.63, 3.8) is 0 Å². The summed E-state index contributed by atoms with van der Waals surface area (Å²) in [5, 5.41) is 21.9. The maximum Gasteiger partial charge on any atom is 0.329 e. The average Bonchev–Trinajstić information content (AvgIpc) is 3.26. The van der Waals surface area contributed by atoms with Crippen LogP contribution < -0.4 is 0 Å². The number of ketones is 3. The van der Waals surface area contributed by atoms with Crippen molar-refractivity contribution in [3.8, 4) is 0 Å². The molecule has 0 unspecified atom stereocenters. The van der Waals surface area contributed by atoms with Crippen molar-refractivity contribution in [1.29, 1.82) is 0 Å². The topological polar surface area (TPSA) is 166 Å². The van der Waals surface area contributed by atoms with Crippen LogP contribution in [0.5, 0.6) is 0 Å². The molecule has 13 heteroatoms. The van der Waals surface area contributed by atoms with Gasteiger partial charge in [-0.25, -0.2) is 9.18 Å². The number of alkyl halides is 1. The van der Waals surface area contributed by atoms with Crippen LogP contribution in [0.3, 0.4) is 0 Å². The zero-order valence-corrected chi connectivity index (χ0v) is 41.1. The van der Waals surface area contributed by atoms with Gasteiger partial charge in [-0.3, -0.25) is 19.2 Å². The molecule has 0 radical (unpaired) electrons. The molecule has 0 aromatic heterocycles. The summed E-state index contributed by atoms with van der Waals surface area (Å²) in [6.07, 6.45) is 11.6. The molecule has 0 aromatic rings. The summed E-state index contributed by atoms with van der Waals surface area (Å²) in [4.78, 5) is 71.6. The lowest BCUT2D eigenvalue weighted by Gasteiger charge is -2.42. The number of carbonyl (C=O) groups excluding carboxylic acids is 5. The highest BCUT2D eigenvalue weighted by molar-refractivity contribution is 6.39. The second kappa shape index (κ2) is 24.1. The van der Waals surface area contributed by atoms with E-state index in [1.54, 1.807) is 34.0 Å². The molecule has 1 saturated carbocycles. The van der Waals surface area contributed by atoms with Crippen molar-refractivity contribution in [2.24, 2.45) is 40.9 Å². The molecule has 2 bridgehead atoms. The van der Waals surface area contributed by atoms with Gasteiger partial charge in [0.2, 0.25) is 0 Å². The number of halogens is 1. The quantitative estimate of drug-likeness (QED) is 0.155. The van der Waals surface area contributed by atoms with Gasteiger partial charge in [0.1, 0.15) is 30.1 Å². The van der Waals surface area contributed by atoms with Crippen LogP contribution in [-0.2, 0) is 42.9 Å². The van der Waals surface area contributed by atoms with E-state index in [2.05, 4.69) is 0 Å². The number of aliphatic hydroxyl groups excluding tert-OH is 2. The minimum atomic E-state index is -2.89. The molecular formula is C52H80FNO11. The number of methoxy groups -OCH3 is 2. The second-order valence-corrected chi connectivity index (χ2v) is 20.6. The lowest BCUT2D eigenvalue weighted by atomic mass is 9.77. The first-order valence-corrected chi connectivity index (χ1v) is 24.2. The van der Waals surface area contributed by atoms with E-state index in [0.29, 0.717) is 69.8 Å². The van der Waals surface area contributed by atoms with Gasteiger partial charge in [-0.2, -0.15) is 0 Å². The van der Waals surface area contributed by atoms with Crippen LogP contribution in [-0.4, -0.2) is 114 Å². The largest absolute Gasteiger partial charge is 0.460 e. The van der Waals surface area contributed by atoms with Crippen LogP contribution in [0, 0.1) is 40.9 Å². The number of piperidine rings is 1. The molecule has 3 fully saturated rings. The predicted molar refractivity (Wildman–Crippen MR) is 247 cm³/mol. The third kappa shape index (κ3) is 14.1. The van der Waals surface area contributed by atoms with Gasteiger partial charge in [-0.05, 0) is 113 Å². The summed E-state index contributed by atoms with van der Waals surface area (Å²) in [5.74, 6) is -8.96. The Balaban J connectivity index is 1.71. The van der Waals surface area contributed by atoms with Crippen molar-refractivity contribution in [3.05, 3.63) is 47.6 Å². The van der Waals surface area contributed by atoms with Crippen molar-refractivity contribution >= 4 is 29.2 Å². The first-order valence-electron chi connectivity index (χ1n) is 24.2. The van der Waals surface area contributed by atoms with E-state index in [1.807, 2.05) is 71.9 Å². The van der Waals surface area contributed by atoms with Gasteiger partial charge in [-0.15, -0.1) is 0 Å². The zero-order chi connectivity index (χ0) is 48.4. The Morgan fingerprint density at radius 1 is 0.908 bits per heavy atom. The number of hydrogen-bond acceptors (Lipinski definition) is 11. The predicted octanol–water partition coefficient (Wildman–Crippen LogP) is 8.17. The minimum absolute atomic E-state index is 0.0257. The van der Waals surface area contributed by atoms with Gasteiger partial charge in [0.25, 0.3) is 17.5 Å². The van der Waals surface area contributed by atoms with Crippen LogP contribution >= 0.6 is 0 Å². The molecule has 366 valence electrons. The fourth-order valence-corrected chi connectivity index (χ4v) is 10.2. The Morgan fingerprint density at radius 3 is 2.29 bits per heavy atom. The van der Waals surface area contributed by atoms with E-state index in [9.17, 15) is 34.2 Å². The van der Waals surface area contributed by atoms with Gasteiger partial charge >= 0.3 is 5.97 Å². The highest BCUT2D eigenvalue weighted by Crippen LogP contribution is 2.43. The van der Waals surface area contributed by atoms with Crippen molar-refractivity contribution < 1.29 is 57.5 Å². The van der Waals surface area contributed by atoms with Crippen molar-refractivity contribution in [1.82, 2.24) is 4.90 Å². The molecule has 1 aliphatic carbocycles. The van der Waals surface area contributed by atoms with Crippen LogP contribution in [0.15, 0.2) is 47.6 Å². The molecular weight excluding hydrogens is 834 g/mol. The van der Waals surface area contributed by atoms with E-state index in [1.165, 1.54) is 7.11 Å². The van der Waals surface area contributed by atoms with Crippen molar-refractivity contribution in [2.45, 2.75) is 188 Å². The summed E-state index contributed by atoms with van der Waals surface area (Å²) in [6.45, 7) is 16.7. The van der Waals surface area contributed by atoms with Crippen LogP contribution in [0.2, 0.25) is 0 Å². The highest BCUT2D eigenvalue weighted by atomic mass is 19.2. The molecule has 0 aromatic carbocycles. The lowest BCUT2D eigenvalue weighted by molar-refractivity contribution is -0.231. The van der Waals surface area contributed by atoms with Crippen LogP contribution in [0.25, 0.3) is 0 Å². The zero-order valence-electron chi connectivity index (χ0n) is 41.1. The smallest absolute Gasteiger partial charge is 0.329 e. The molecule has 4 rings (SSSR count). The number of allylic oxidation sites excluding steroid dienone is 7. The number of Topliss-reactive ketones (excluding diaryl/α,β-unsaturated/α-hetero) is 3. The number of carbonyl (C=O) groups is 5. The number of ether oxygens (including phenoxy) is 4. The maximum absolute atomic E-state index is 17.1. The molecule has 12 nitrogen and oxygen atoms in total. The molecule has 14 atom stereocenters. The number of fused-ring (bicyclic) bond motifs is 3. The third-order valence-electron chi connectivity index (χ3n) is 14.9. The molecule has 0 spiro atoms. The van der Waals surface area contributed by atoms with E-state index in [4.69, 9.17) is 18.9 Å². The third-order valence-corrected chi connectivity index (χ3v) is 14.9. The van der Waals surface area contributed by atoms with Crippen LogP contribution in [0.4, 0.5) is 4.39 Å². The Hall–Kier alpha value is -3.36. The first-order chi connectivity index (χ1) is 30.5. The molecule has 4 aliphatic rings. The Bertz CT molecular complexity index is 1790. The fourth-order valence-electron chi connectivity index (χ4n) is 10.2. The monoisotopic (exact) mass is 914 g/mol. The number of rotatable bonds is 5. The highest BCUT2D eigenvalue weighted by Gasteiger charge is 2.55. The summed E-state index contributed by atoms with van der Waals surface area (Å²) in [5.41, 5.74) is 0.941. The summed E-state index contributed by atoms with van der Waals surface area (Å²) >= 11 is 0. The van der Waals surface area contributed by atoms with Gasteiger partial charge in [0, 0.05) is 44.9 Å². The van der Waals surface area contributed by atoms with Gasteiger partial charge in [-0.1, -0.05) is 90.5 Å². The molecule has 3 heterocycles. The molecule has 1 amide bonds. The molecule has 65 heavy (non-hydrogen) atoms. The summed E-state index contributed by atoms with van der Waals surface area (Å²) in [7, 11) is 2.94. The standard InChI is InChI=1S/C52H80FNO11/c1-31-17-13-12-14-18-36(6)51(8,9)30-39-22-20-37(7)52(53,65-39)48(59)49(60)54-24-16-15-19-40(54)50(61)64-43(33(3)27-38-21-23-41(55)44(28-38)62-10)29-42(56)32(2)26-35(5)46(58)47(63-11)45(57)34(4)25-31/h12-14,17-18,26,31-34,37-41,43-44,46-47,55,58H,15-16,19-25,27-30H2,1-11H3/b14-12+,17-13+,35-26+,36-18+/t31-,32-,33-,34-,37-,38+,39+,40+,41-,43+,44-,46-,47+,52-/m1/s1. The molecule has 3 aliphatic heterocycles. The Morgan fingerprint density at radius 2 is 1.62 bits per heavy atom. The van der Waals surface area contributed by atoms with E-state index < -0.39 is 83.2 Å².